The second-order valence-electron chi connectivity index (χ2n) is 4.24. The van der Waals surface area contributed by atoms with Gasteiger partial charge in [0.05, 0.1) is 0 Å². The first-order chi connectivity index (χ1) is 8.20. The van der Waals surface area contributed by atoms with E-state index in [-0.39, 0.29) is 30.6 Å². The number of hydrogen-bond acceptors (Lipinski definition) is 4. The zero-order valence-corrected chi connectivity index (χ0v) is 12.6. The van der Waals surface area contributed by atoms with Crippen molar-refractivity contribution in [3.05, 3.63) is 23.9 Å². The van der Waals surface area contributed by atoms with Crippen molar-refractivity contribution < 1.29 is 0 Å². The van der Waals surface area contributed by atoms with Gasteiger partial charge in [0.25, 0.3) is 0 Å². The molecule has 0 bridgehead atoms. The molecule has 2 rings (SSSR count). The lowest BCUT2D eigenvalue weighted by atomic mass is 10.2. The van der Waals surface area contributed by atoms with Crippen LogP contribution in [0.15, 0.2) is 18.3 Å². The maximum Gasteiger partial charge on any atom is 0.129 e. The fraction of sp³-hybridized carbons (Fsp3) is 0.500. The molecule has 0 radical (unpaired) electrons. The molecule has 2 heterocycles. The van der Waals surface area contributed by atoms with Gasteiger partial charge in [0.2, 0.25) is 0 Å². The summed E-state index contributed by atoms with van der Waals surface area (Å²) in [5.74, 6) is 1.02. The lowest BCUT2D eigenvalue weighted by molar-refractivity contribution is 0.270. The smallest absolute Gasteiger partial charge is 0.129 e. The van der Waals surface area contributed by atoms with Gasteiger partial charge in [0, 0.05) is 37.9 Å². The standard InChI is InChI=1S/C12H19N5.2ClH/c1-2-16-5-7-17(8-6-16)11-9-10(12(13)14)3-4-15-11;;/h3-4,9H,2,5-8H2,1H3,(H3,13,14);2*1H. The molecule has 108 valence electrons. The first kappa shape index (κ1) is 18.0. The summed E-state index contributed by atoms with van der Waals surface area (Å²) in [5.41, 5.74) is 6.23. The van der Waals surface area contributed by atoms with E-state index in [1.54, 1.807) is 12.3 Å². The van der Waals surface area contributed by atoms with Crippen molar-refractivity contribution in [3.8, 4) is 0 Å². The summed E-state index contributed by atoms with van der Waals surface area (Å²) in [4.78, 5) is 9.02. The quantitative estimate of drug-likeness (QED) is 0.653. The minimum atomic E-state index is 0. The number of nitrogens with zero attached hydrogens (tertiary/aromatic N) is 3. The minimum Gasteiger partial charge on any atom is -0.384 e. The van der Waals surface area contributed by atoms with Crippen LogP contribution in [-0.2, 0) is 0 Å². The lowest BCUT2D eigenvalue weighted by Gasteiger charge is -2.34. The monoisotopic (exact) mass is 305 g/mol. The Morgan fingerprint density at radius 1 is 1.32 bits per heavy atom. The van der Waals surface area contributed by atoms with E-state index in [0.717, 1.165) is 44.1 Å². The van der Waals surface area contributed by atoms with Crippen LogP contribution >= 0.6 is 24.8 Å². The van der Waals surface area contributed by atoms with Crippen LogP contribution in [0.5, 0.6) is 0 Å². The number of nitrogens with one attached hydrogen (secondary N) is 1. The highest BCUT2D eigenvalue weighted by Gasteiger charge is 2.16. The van der Waals surface area contributed by atoms with Crippen LogP contribution in [0.2, 0.25) is 0 Å². The number of nitrogen functional groups attached to an aromatic ring is 1. The maximum atomic E-state index is 7.43. The van der Waals surface area contributed by atoms with E-state index in [1.165, 1.54) is 0 Å². The molecule has 19 heavy (non-hydrogen) atoms. The number of piperazine rings is 1. The normalized spacial score (nSPS) is 15.3. The van der Waals surface area contributed by atoms with Crippen molar-refractivity contribution in [2.24, 2.45) is 5.73 Å². The topological polar surface area (TPSA) is 69.2 Å². The molecule has 1 fully saturated rings. The van der Waals surface area contributed by atoms with Gasteiger partial charge in [0.1, 0.15) is 11.7 Å². The van der Waals surface area contributed by atoms with E-state index < -0.39 is 0 Å². The largest absolute Gasteiger partial charge is 0.384 e. The molecule has 1 aliphatic rings. The summed E-state index contributed by atoms with van der Waals surface area (Å²) >= 11 is 0. The summed E-state index contributed by atoms with van der Waals surface area (Å²) in [5, 5.41) is 7.43. The molecular weight excluding hydrogens is 285 g/mol. The van der Waals surface area contributed by atoms with Crippen molar-refractivity contribution in [1.29, 1.82) is 5.41 Å². The summed E-state index contributed by atoms with van der Waals surface area (Å²) in [6, 6.07) is 3.66. The Kier molecular flexibility index (Phi) is 7.75. The second-order valence-corrected chi connectivity index (χ2v) is 4.24. The number of amidine groups is 1. The SMILES string of the molecule is CCN1CCN(c2cc(C(=N)N)ccn2)CC1.Cl.Cl. The molecular formula is C12H21Cl2N5. The summed E-state index contributed by atoms with van der Waals surface area (Å²) in [6.45, 7) is 7.41. The number of pyridine rings is 1. The number of halogens is 2. The summed E-state index contributed by atoms with van der Waals surface area (Å²) in [7, 11) is 0. The third kappa shape index (κ3) is 4.53. The Morgan fingerprint density at radius 2 is 1.95 bits per heavy atom. The van der Waals surface area contributed by atoms with Crippen LogP contribution < -0.4 is 10.6 Å². The molecule has 0 unspecified atom stereocenters. The van der Waals surface area contributed by atoms with Crippen LogP contribution in [0.4, 0.5) is 5.82 Å². The second kappa shape index (κ2) is 8.19. The molecule has 0 atom stereocenters. The zero-order valence-electron chi connectivity index (χ0n) is 11.0. The van der Waals surface area contributed by atoms with Gasteiger partial charge in [-0.25, -0.2) is 4.98 Å². The van der Waals surface area contributed by atoms with E-state index in [1.807, 2.05) is 6.07 Å². The third-order valence-corrected chi connectivity index (χ3v) is 3.20. The Balaban J connectivity index is 0.00000162. The van der Waals surface area contributed by atoms with Gasteiger partial charge < -0.3 is 15.5 Å². The molecule has 0 spiro atoms. The summed E-state index contributed by atoms with van der Waals surface area (Å²) < 4.78 is 0. The van der Waals surface area contributed by atoms with Crippen LogP contribution in [0.25, 0.3) is 0 Å². The maximum absolute atomic E-state index is 7.43. The number of rotatable bonds is 3. The zero-order chi connectivity index (χ0) is 12.3. The lowest BCUT2D eigenvalue weighted by Crippen LogP contribution is -2.46. The van der Waals surface area contributed by atoms with Crippen molar-refractivity contribution in [2.45, 2.75) is 6.92 Å². The predicted octanol–water partition coefficient (Wildman–Crippen LogP) is 1.35. The number of hydrogen-bond donors (Lipinski definition) is 2. The highest BCUT2D eigenvalue weighted by Crippen LogP contribution is 2.14. The Bertz CT molecular complexity index is 405. The van der Waals surface area contributed by atoms with Gasteiger partial charge in [0.15, 0.2) is 0 Å². The fourth-order valence-corrected chi connectivity index (χ4v) is 2.05. The Hall–Kier alpha value is -1.04. The van der Waals surface area contributed by atoms with E-state index in [0.29, 0.717) is 0 Å². The molecule has 1 aromatic rings. The Morgan fingerprint density at radius 3 is 2.47 bits per heavy atom. The molecule has 7 heteroatoms. The van der Waals surface area contributed by atoms with Crippen molar-refractivity contribution in [1.82, 2.24) is 9.88 Å². The molecule has 0 amide bonds. The first-order valence-electron chi connectivity index (χ1n) is 5.98. The molecule has 0 aliphatic carbocycles. The van der Waals surface area contributed by atoms with Crippen LogP contribution in [0.1, 0.15) is 12.5 Å². The minimum absolute atomic E-state index is 0. The average Bonchev–Trinajstić information content (AvgIpc) is 2.39. The molecule has 1 aromatic heterocycles. The average molecular weight is 306 g/mol. The fourth-order valence-electron chi connectivity index (χ4n) is 2.05. The van der Waals surface area contributed by atoms with Gasteiger partial charge in [-0.2, -0.15) is 0 Å². The van der Waals surface area contributed by atoms with Gasteiger partial charge in [-0.05, 0) is 18.7 Å². The van der Waals surface area contributed by atoms with Crippen molar-refractivity contribution in [3.63, 3.8) is 0 Å². The molecule has 5 nitrogen and oxygen atoms in total. The summed E-state index contributed by atoms with van der Waals surface area (Å²) in [6.07, 6.45) is 1.72. The van der Waals surface area contributed by atoms with E-state index in [9.17, 15) is 0 Å². The molecule has 1 aliphatic heterocycles. The first-order valence-corrected chi connectivity index (χ1v) is 5.98. The van der Waals surface area contributed by atoms with Gasteiger partial charge >= 0.3 is 0 Å². The molecule has 0 aromatic carbocycles. The van der Waals surface area contributed by atoms with Crippen LogP contribution in [-0.4, -0.2) is 48.4 Å². The number of nitrogens with two attached hydrogens (primary N) is 1. The van der Waals surface area contributed by atoms with Gasteiger partial charge in [-0.3, -0.25) is 5.41 Å². The van der Waals surface area contributed by atoms with E-state index >= 15 is 0 Å². The van der Waals surface area contributed by atoms with Gasteiger partial charge in [-0.1, -0.05) is 6.92 Å². The van der Waals surface area contributed by atoms with Crippen LogP contribution in [0, 0.1) is 5.41 Å². The van der Waals surface area contributed by atoms with Crippen LogP contribution in [0.3, 0.4) is 0 Å². The highest BCUT2D eigenvalue weighted by molar-refractivity contribution is 5.95. The Labute approximate surface area is 126 Å². The van der Waals surface area contributed by atoms with Crippen molar-refractivity contribution >= 4 is 36.5 Å². The molecule has 0 saturated carbocycles. The highest BCUT2D eigenvalue weighted by atomic mass is 35.5. The number of likely N-dealkylation sites (N-methyl/N-ethyl adjacent to an activating group) is 1. The molecule has 3 N–H and O–H groups in total. The number of anilines is 1. The molecule has 1 saturated heterocycles. The van der Waals surface area contributed by atoms with Gasteiger partial charge in [-0.15, -0.1) is 24.8 Å². The third-order valence-electron chi connectivity index (χ3n) is 3.20. The predicted molar refractivity (Wildman–Crippen MR) is 84.1 cm³/mol. The van der Waals surface area contributed by atoms with Crippen molar-refractivity contribution in [2.75, 3.05) is 37.6 Å². The number of aromatic nitrogens is 1. The van der Waals surface area contributed by atoms with E-state index in [4.69, 9.17) is 11.1 Å². The van der Waals surface area contributed by atoms with E-state index in [2.05, 4.69) is 21.7 Å².